The van der Waals surface area contributed by atoms with Crippen LogP contribution >= 0.6 is 0 Å². The van der Waals surface area contributed by atoms with Crippen molar-refractivity contribution < 1.29 is 24.2 Å². The largest absolute Gasteiger partial charge is 0.496 e. The fourth-order valence-electron chi connectivity index (χ4n) is 6.26. The smallest absolute Gasteiger partial charge is 0.246 e. The molecule has 1 aromatic rings. The lowest BCUT2D eigenvalue weighted by Gasteiger charge is -2.56. The van der Waals surface area contributed by atoms with E-state index in [0.717, 1.165) is 37.0 Å². The number of carbonyl (C=O) groups excluding carboxylic acids is 2. The zero-order chi connectivity index (χ0) is 24.2. The maximum Gasteiger partial charge on any atom is 0.246 e. The fourth-order valence-corrected chi connectivity index (χ4v) is 6.26. The number of ether oxygens (including phenoxy) is 2. The van der Waals surface area contributed by atoms with Crippen LogP contribution in [0.3, 0.4) is 0 Å². The average molecular weight is 461 g/mol. The summed E-state index contributed by atoms with van der Waals surface area (Å²) in [5.41, 5.74) is 0.943. The average Bonchev–Trinajstić information content (AvgIpc) is 2.79. The quantitative estimate of drug-likeness (QED) is 0.554. The number of fused-ring (bicyclic) bond motifs is 1. The SMILES string of the molecule is COCC(=O)NC1CCC2(C)CCC(C(C)C(=O)NCc3ccccc3OC)C(O)C2C1C. The van der Waals surface area contributed by atoms with Crippen molar-refractivity contribution in [3.05, 3.63) is 29.8 Å². The van der Waals surface area contributed by atoms with Gasteiger partial charge in [-0.15, -0.1) is 0 Å². The summed E-state index contributed by atoms with van der Waals surface area (Å²) in [6.07, 6.45) is 3.07. The Hall–Kier alpha value is -2.12. The number of amides is 2. The van der Waals surface area contributed by atoms with Gasteiger partial charge in [0.15, 0.2) is 0 Å². The van der Waals surface area contributed by atoms with Gasteiger partial charge in [0.05, 0.1) is 13.2 Å². The molecule has 184 valence electrons. The first kappa shape index (κ1) is 25.5. The second kappa shape index (κ2) is 10.9. The maximum atomic E-state index is 13.0. The van der Waals surface area contributed by atoms with Crippen LogP contribution in [0.4, 0.5) is 0 Å². The van der Waals surface area contributed by atoms with E-state index in [2.05, 4.69) is 24.5 Å². The van der Waals surface area contributed by atoms with Crippen molar-refractivity contribution in [1.82, 2.24) is 10.6 Å². The van der Waals surface area contributed by atoms with Crippen LogP contribution in [-0.2, 0) is 20.9 Å². The van der Waals surface area contributed by atoms with Crippen LogP contribution in [0, 0.1) is 29.1 Å². The molecule has 2 amide bonds. The summed E-state index contributed by atoms with van der Waals surface area (Å²) in [6, 6.07) is 7.65. The molecule has 2 aliphatic rings. The van der Waals surface area contributed by atoms with Crippen molar-refractivity contribution in [2.75, 3.05) is 20.8 Å². The van der Waals surface area contributed by atoms with E-state index < -0.39 is 6.10 Å². The Bertz CT molecular complexity index is 831. The molecule has 7 nitrogen and oxygen atoms in total. The molecule has 3 rings (SSSR count). The predicted molar refractivity (Wildman–Crippen MR) is 127 cm³/mol. The standard InChI is InChI=1S/C26H40N2O5/c1-16(25(31)27-14-18-8-6-7-9-21(18)33-5)19-10-12-26(3)13-11-20(28-22(29)15-32-4)17(2)23(26)24(19)30/h6-9,16-17,19-20,23-24,30H,10-15H2,1-5H3,(H,27,31)(H,28,29). The molecule has 0 aromatic heterocycles. The van der Waals surface area contributed by atoms with Gasteiger partial charge in [0.1, 0.15) is 12.4 Å². The second-order valence-corrected chi connectivity index (χ2v) is 10.2. The Morgan fingerprint density at radius 1 is 1.21 bits per heavy atom. The first-order valence-corrected chi connectivity index (χ1v) is 12.1. The van der Waals surface area contributed by atoms with Gasteiger partial charge in [-0.1, -0.05) is 39.0 Å². The van der Waals surface area contributed by atoms with Gasteiger partial charge in [-0.05, 0) is 54.9 Å². The minimum absolute atomic E-state index is 0.00815. The maximum absolute atomic E-state index is 13.0. The summed E-state index contributed by atoms with van der Waals surface area (Å²) >= 11 is 0. The van der Waals surface area contributed by atoms with Crippen LogP contribution in [0.25, 0.3) is 0 Å². The normalized spacial score (nSPS) is 32.4. The highest BCUT2D eigenvalue weighted by molar-refractivity contribution is 5.79. The van der Waals surface area contributed by atoms with Crippen LogP contribution in [0.1, 0.15) is 52.0 Å². The minimum atomic E-state index is -0.590. The van der Waals surface area contributed by atoms with Crippen LogP contribution in [0.5, 0.6) is 5.75 Å². The Morgan fingerprint density at radius 2 is 1.91 bits per heavy atom. The molecule has 2 aliphatic carbocycles. The van der Waals surface area contributed by atoms with E-state index in [1.165, 1.54) is 7.11 Å². The van der Waals surface area contributed by atoms with Crippen molar-refractivity contribution >= 4 is 11.8 Å². The highest BCUT2D eigenvalue weighted by Gasteiger charge is 2.53. The van der Waals surface area contributed by atoms with E-state index in [4.69, 9.17) is 9.47 Å². The molecule has 0 spiro atoms. The number of hydrogen-bond acceptors (Lipinski definition) is 5. The van der Waals surface area contributed by atoms with E-state index in [-0.39, 0.29) is 53.5 Å². The highest BCUT2D eigenvalue weighted by Crippen LogP contribution is 2.55. The lowest BCUT2D eigenvalue weighted by Crippen LogP contribution is -2.58. The number of methoxy groups -OCH3 is 2. The molecule has 0 aliphatic heterocycles. The van der Waals surface area contributed by atoms with Crippen molar-refractivity contribution in [3.63, 3.8) is 0 Å². The first-order chi connectivity index (χ1) is 15.7. The molecule has 1 aromatic carbocycles. The number of aliphatic hydroxyl groups is 1. The summed E-state index contributed by atoms with van der Waals surface area (Å²) in [7, 11) is 3.13. The third-order valence-corrected chi connectivity index (χ3v) is 8.21. The Balaban J connectivity index is 1.67. The van der Waals surface area contributed by atoms with Gasteiger partial charge in [0.2, 0.25) is 11.8 Å². The fraction of sp³-hybridized carbons (Fsp3) is 0.692. The Labute approximate surface area is 197 Å². The van der Waals surface area contributed by atoms with Crippen LogP contribution < -0.4 is 15.4 Å². The molecule has 7 unspecified atom stereocenters. The predicted octanol–water partition coefficient (Wildman–Crippen LogP) is 2.90. The van der Waals surface area contributed by atoms with Gasteiger partial charge in [-0.3, -0.25) is 9.59 Å². The molecule has 7 atom stereocenters. The van der Waals surface area contributed by atoms with E-state index in [9.17, 15) is 14.7 Å². The molecule has 2 saturated carbocycles. The Kier molecular flexibility index (Phi) is 8.40. The van der Waals surface area contributed by atoms with Gasteiger partial charge in [0.25, 0.3) is 0 Å². The van der Waals surface area contributed by atoms with E-state index in [1.54, 1.807) is 7.11 Å². The molecule has 0 saturated heterocycles. The van der Waals surface area contributed by atoms with Crippen molar-refractivity contribution in [1.29, 1.82) is 0 Å². The van der Waals surface area contributed by atoms with Gasteiger partial charge in [0, 0.05) is 31.2 Å². The van der Waals surface area contributed by atoms with Gasteiger partial charge in [-0.2, -0.15) is 0 Å². The minimum Gasteiger partial charge on any atom is -0.496 e. The molecular weight excluding hydrogens is 420 g/mol. The Morgan fingerprint density at radius 3 is 2.61 bits per heavy atom. The second-order valence-electron chi connectivity index (χ2n) is 10.2. The molecule has 2 fully saturated rings. The summed E-state index contributed by atoms with van der Waals surface area (Å²) < 4.78 is 10.3. The third kappa shape index (κ3) is 5.52. The summed E-state index contributed by atoms with van der Waals surface area (Å²) in [5, 5.41) is 17.6. The molecule has 33 heavy (non-hydrogen) atoms. The molecule has 0 radical (unpaired) electrons. The van der Waals surface area contributed by atoms with Gasteiger partial charge >= 0.3 is 0 Å². The number of nitrogens with one attached hydrogen (secondary N) is 2. The molecule has 7 heteroatoms. The highest BCUT2D eigenvalue weighted by atomic mass is 16.5. The van der Waals surface area contributed by atoms with Gasteiger partial charge < -0.3 is 25.2 Å². The van der Waals surface area contributed by atoms with Crippen LogP contribution in [0.2, 0.25) is 0 Å². The van der Waals surface area contributed by atoms with E-state index in [1.807, 2.05) is 31.2 Å². The number of hydrogen-bond donors (Lipinski definition) is 3. The molecule has 3 N–H and O–H groups in total. The third-order valence-electron chi connectivity index (χ3n) is 8.21. The number of benzene rings is 1. The summed E-state index contributed by atoms with van der Waals surface area (Å²) in [4.78, 5) is 25.1. The first-order valence-electron chi connectivity index (χ1n) is 12.1. The monoisotopic (exact) mass is 460 g/mol. The summed E-state index contributed by atoms with van der Waals surface area (Å²) in [6.45, 7) is 6.73. The van der Waals surface area contributed by atoms with Crippen LogP contribution in [0.15, 0.2) is 24.3 Å². The van der Waals surface area contributed by atoms with E-state index in [0.29, 0.717) is 6.54 Å². The zero-order valence-electron chi connectivity index (χ0n) is 20.6. The number of carbonyl (C=O) groups is 2. The van der Waals surface area contributed by atoms with E-state index >= 15 is 0 Å². The van der Waals surface area contributed by atoms with Gasteiger partial charge in [-0.25, -0.2) is 0 Å². The molecule has 0 heterocycles. The number of aliphatic hydroxyl groups excluding tert-OH is 1. The summed E-state index contributed by atoms with van der Waals surface area (Å²) in [5.74, 6) is 0.294. The number of rotatable bonds is 8. The number of para-hydroxylation sites is 1. The molecular formula is C26H40N2O5. The lowest BCUT2D eigenvalue weighted by molar-refractivity contribution is -0.144. The van der Waals surface area contributed by atoms with Crippen molar-refractivity contribution in [3.8, 4) is 5.75 Å². The zero-order valence-corrected chi connectivity index (χ0v) is 20.6. The van der Waals surface area contributed by atoms with Crippen molar-refractivity contribution in [2.24, 2.45) is 29.1 Å². The van der Waals surface area contributed by atoms with Crippen LogP contribution in [-0.4, -0.2) is 49.9 Å². The lowest BCUT2D eigenvalue weighted by atomic mass is 9.51. The van der Waals surface area contributed by atoms with Crippen molar-refractivity contribution in [2.45, 2.75) is 65.1 Å². The molecule has 0 bridgehead atoms. The topological polar surface area (TPSA) is 96.9 Å².